The molecule has 1 amide bonds. The number of carbonyl (C=O) groups is 1. The average Bonchev–Trinajstić information content (AvgIpc) is 2.92. The van der Waals surface area contributed by atoms with Gasteiger partial charge in [0.25, 0.3) is 0 Å². The van der Waals surface area contributed by atoms with Gasteiger partial charge in [-0.2, -0.15) is 0 Å². The van der Waals surface area contributed by atoms with Crippen LogP contribution in [0.3, 0.4) is 0 Å². The standard InChI is InChI=1S/C18H22N2O4/c1-11-6-12-4-5-19-18(14(12)8-16(11)23-3)24-10-15-13(9-22-2)7-17(21)20-15/h4-6,8,13,15H,7,9-10H2,1-3H3,(H,20,21)/t13-,15+/m0/s1. The molecule has 0 aliphatic carbocycles. The highest BCUT2D eigenvalue weighted by molar-refractivity contribution is 5.89. The van der Waals surface area contributed by atoms with Gasteiger partial charge in [0.05, 0.1) is 19.8 Å². The molecule has 1 aliphatic heterocycles. The number of fused-ring (bicyclic) bond motifs is 1. The fourth-order valence-electron chi connectivity index (χ4n) is 3.12. The molecule has 6 heteroatoms. The summed E-state index contributed by atoms with van der Waals surface area (Å²) in [5.74, 6) is 1.50. The maximum absolute atomic E-state index is 11.6. The van der Waals surface area contributed by atoms with Crippen LogP contribution in [0.4, 0.5) is 0 Å². The van der Waals surface area contributed by atoms with E-state index < -0.39 is 0 Å². The lowest BCUT2D eigenvalue weighted by atomic mass is 10.0. The van der Waals surface area contributed by atoms with Gasteiger partial charge < -0.3 is 19.5 Å². The number of rotatable bonds is 6. The molecule has 0 unspecified atom stereocenters. The number of hydrogen-bond acceptors (Lipinski definition) is 5. The summed E-state index contributed by atoms with van der Waals surface area (Å²) in [5.41, 5.74) is 1.06. The van der Waals surface area contributed by atoms with Crippen molar-refractivity contribution in [1.29, 1.82) is 0 Å². The highest BCUT2D eigenvalue weighted by atomic mass is 16.5. The zero-order valence-electron chi connectivity index (χ0n) is 14.2. The number of aryl methyl sites for hydroxylation is 1. The van der Waals surface area contributed by atoms with E-state index in [2.05, 4.69) is 10.3 Å². The van der Waals surface area contributed by atoms with Crippen molar-refractivity contribution >= 4 is 16.7 Å². The van der Waals surface area contributed by atoms with Gasteiger partial charge in [0, 0.05) is 31.0 Å². The number of nitrogens with zero attached hydrogens (tertiary/aromatic N) is 1. The Morgan fingerprint density at radius 3 is 2.88 bits per heavy atom. The minimum atomic E-state index is -0.0677. The summed E-state index contributed by atoms with van der Waals surface area (Å²) in [4.78, 5) is 16.0. The highest BCUT2D eigenvalue weighted by Crippen LogP contribution is 2.30. The Hall–Kier alpha value is -2.34. The van der Waals surface area contributed by atoms with Crippen LogP contribution in [0, 0.1) is 12.8 Å². The molecule has 0 spiro atoms. The molecular weight excluding hydrogens is 308 g/mol. The normalized spacial score (nSPS) is 20.2. The number of pyridine rings is 1. The number of benzene rings is 1. The summed E-state index contributed by atoms with van der Waals surface area (Å²) < 4.78 is 16.5. The van der Waals surface area contributed by atoms with Gasteiger partial charge in [-0.3, -0.25) is 4.79 Å². The molecule has 2 atom stereocenters. The van der Waals surface area contributed by atoms with Crippen LogP contribution in [0.5, 0.6) is 11.6 Å². The van der Waals surface area contributed by atoms with E-state index in [0.717, 1.165) is 22.1 Å². The Balaban J connectivity index is 1.81. The molecule has 0 saturated carbocycles. The van der Waals surface area contributed by atoms with Gasteiger partial charge in [-0.15, -0.1) is 0 Å². The fraction of sp³-hybridized carbons (Fsp3) is 0.444. The van der Waals surface area contributed by atoms with Crippen LogP contribution >= 0.6 is 0 Å². The van der Waals surface area contributed by atoms with E-state index in [0.29, 0.717) is 25.5 Å². The molecule has 0 radical (unpaired) electrons. The van der Waals surface area contributed by atoms with E-state index in [1.807, 2.05) is 25.1 Å². The van der Waals surface area contributed by atoms with Crippen molar-refractivity contribution < 1.29 is 19.0 Å². The number of carbonyl (C=O) groups excluding carboxylic acids is 1. The summed E-state index contributed by atoms with van der Waals surface area (Å²) in [6.07, 6.45) is 2.20. The van der Waals surface area contributed by atoms with Crippen molar-refractivity contribution in [2.24, 2.45) is 5.92 Å². The van der Waals surface area contributed by atoms with Crippen LogP contribution in [0.15, 0.2) is 24.4 Å². The van der Waals surface area contributed by atoms with Crippen LogP contribution < -0.4 is 14.8 Å². The van der Waals surface area contributed by atoms with Crippen molar-refractivity contribution in [1.82, 2.24) is 10.3 Å². The second-order valence-electron chi connectivity index (χ2n) is 6.06. The molecular formula is C18H22N2O4. The van der Waals surface area contributed by atoms with E-state index in [-0.39, 0.29) is 17.9 Å². The smallest absolute Gasteiger partial charge is 0.221 e. The highest BCUT2D eigenvalue weighted by Gasteiger charge is 2.32. The summed E-state index contributed by atoms with van der Waals surface area (Å²) in [6.45, 7) is 2.90. The molecule has 2 heterocycles. The fourth-order valence-corrected chi connectivity index (χ4v) is 3.12. The molecule has 0 bridgehead atoms. The molecule has 1 saturated heterocycles. The summed E-state index contributed by atoms with van der Waals surface area (Å²) >= 11 is 0. The largest absolute Gasteiger partial charge is 0.496 e. The van der Waals surface area contributed by atoms with Gasteiger partial charge in [0.1, 0.15) is 12.4 Å². The zero-order chi connectivity index (χ0) is 17.1. The second-order valence-corrected chi connectivity index (χ2v) is 6.06. The van der Waals surface area contributed by atoms with E-state index in [1.54, 1.807) is 20.4 Å². The van der Waals surface area contributed by atoms with Crippen molar-refractivity contribution in [2.75, 3.05) is 27.4 Å². The number of ether oxygens (including phenoxy) is 3. The van der Waals surface area contributed by atoms with Crippen LogP contribution in [0.25, 0.3) is 10.8 Å². The first kappa shape index (κ1) is 16.5. The van der Waals surface area contributed by atoms with Gasteiger partial charge in [0.15, 0.2) is 0 Å². The minimum Gasteiger partial charge on any atom is -0.496 e. The molecule has 1 fully saturated rings. The summed E-state index contributed by atoms with van der Waals surface area (Å²) in [5, 5.41) is 4.88. The third-order valence-electron chi connectivity index (χ3n) is 4.39. The van der Waals surface area contributed by atoms with Crippen LogP contribution in [-0.4, -0.2) is 44.4 Å². The van der Waals surface area contributed by atoms with E-state index in [1.165, 1.54) is 0 Å². The predicted octanol–water partition coefficient (Wildman–Crippen LogP) is 2.08. The maximum atomic E-state index is 11.6. The molecule has 1 N–H and O–H groups in total. The van der Waals surface area contributed by atoms with Crippen LogP contribution in [-0.2, 0) is 9.53 Å². The van der Waals surface area contributed by atoms with Crippen LogP contribution in [0.2, 0.25) is 0 Å². The first-order chi connectivity index (χ1) is 11.6. The maximum Gasteiger partial charge on any atom is 0.221 e. The Morgan fingerprint density at radius 2 is 2.12 bits per heavy atom. The van der Waals surface area contributed by atoms with Gasteiger partial charge in [-0.1, -0.05) is 0 Å². The van der Waals surface area contributed by atoms with Gasteiger partial charge in [0.2, 0.25) is 11.8 Å². The molecule has 3 rings (SSSR count). The Kier molecular flexibility index (Phi) is 4.85. The molecule has 128 valence electrons. The third-order valence-corrected chi connectivity index (χ3v) is 4.39. The van der Waals surface area contributed by atoms with Crippen molar-refractivity contribution in [3.05, 3.63) is 30.0 Å². The minimum absolute atomic E-state index is 0.0359. The third kappa shape index (κ3) is 3.28. The number of methoxy groups -OCH3 is 2. The first-order valence-electron chi connectivity index (χ1n) is 7.97. The molecule has 1 aliphatic rings. The summed E-state index contributed by atoms with van der Waals surface area (Å²) in [6, 6.07) is 5.86. The predicted molar refractivity (Wildman–Crippen MR) is 90.4 cm³/mol. The Morgan fingerprint density at radius 1 is 1.29 bits per heavy atom. The lowest BCUT2D eigenvalue weighted by Gasteiger charge is -2.19. The molecule has 6 nitrogen and oxygen atoms in total. The Labute approximate surface area is 141 Å². The van der Waals surface area contributed by atoms with E-state index >= 15 is 0 Å². The van der Waals surface area contributed by atoms with Crippen molar-refractivity contribution in [3.63, 3.8) is 0 Å². The number of aromatic nitrogens is 1. The monoisotopic (exact) mass is 330 g/mol. The molecule has 2 aromatic rings. The molecule has 24 heavy (non-hydrogen) atoms. The lowest BCUT2D eigenvalue weighted by Crippen LogP contribution is -2.36. The number of hydrogen-bond donors (Lipinski definition) is 1. The van der Waals surface area contributed by atoms with Crippen molar-refractivity contribution in [2.45, 2.75) is 19.4 Å². The summed E-state index contributed by atoms with van der Waals surface area (Å²) in [7, 11) is 3.29. The number of nitrogens with one attached hydrogen (secondary N) is 1. The van der Waals surface area contributed by atoms with E-state index in [9.17, 15) is 4.79 Å². The van der Waals surface area contributed by atoms with Gasteiger partial charge in [-0.05, 0) is 36.1 Å². The second kappa shape index (κ2) is 7.05. The zero-order valence-corrected chi connectivity index (χ0v) is 14.2. The van der Waals surface area contributed by atoms with Gasteiger partial charge >= 0.3 is 0 Å². The quantitative estimate of drug-likeness (QED) is 0.878. The Bertz CT molecular complexity index is 747. The van der Waals surface area contributed by atoms with E-state index in [4.69, 9.17) is 14.2 Å². The lowest BCUT2D eigenvalue weighted by molar-refractivity contribution is -0.119. The molecule has 1 aromatic heterocycles. The van der Waals surface area contributed by atoms with Crippen LogP contribution in [0.1, 0.15) is 12.0 Å². The topological polar surface area (TPSA) is 69.7 Å². The average molecular weight is 330 g/mol. The van der Waals surface area contributed by atoms with Gasteiger partial charge in [-0.25, -0.2) is 4.98 Å². The number of amides is 1. The molecule has 1 aromatic carbocycles. The van der Waals surface area contributed by atoms with Crippen molar-refractivity contribution in [3.8, 4) is 11.6 Å². The first-order valence-corrected chi connectivity index (χ1v) is 7.97. The SMILES string of the molecule is COC[C@@H]1CC(=O)N[C@@H]1COc1nccc2cc(C)c(OC)cc12.